The van der Waals surface area contributed by atoms with Crippen LogP contribution >= 0.6 is 80.1 Å². The zero-order valence-electron chi connectivity index (χ0n) is 16.7. The van der Waals surface area contributed by atoms with E-state index in [-0.39, 0.29) is 11.5 Å². The number of rotatable bonds is 6. The molecule has 1 atom stereocenters. The van der Waals surface area contributed by atoms with Crippen molar-refractivity contribution in [1.29, 1.82) is 0 Å². The number of ether oxygens (including phenoxy) is 2. The van der Waals surface area contributed by atoms with Crippen molar-refractivity contribution in [2.24, 2.45) is 0 Å². The van der Waals surface area contributed by atoms with Crippen LogP contribution < -0.4 is 4.74 Å². The molecule has 1 fully saturated rings. The summed E-state index contributed by atoms with van der Waals surface area (Å²) in [5.41, 5.74) is 1.53. The van der Waals surface area contributed by atoms with Crippen LogP contribution in [0.1, 0.15) is 18.1 Å². The second-order valence-corrected chi connectivity index (χ2v) is 10.8. The molecule has 0 saturated carbocycles. The monoisotopic (exact) mass is 717 g/mol. The van der Waals surface area contributed by atoms with E-state index in [2.05, 4.69) is 49.9 Å². The maximum Gasteiger partial charge on any atom is 0.328 e. The number of hydrogen-bond acceptors (Lipinski definition) is 6. The highest BCUT2D eigenvalue weighted by Gasteiger charge is 2.41. The Balaban J connectivity index is 1.80. The molecule has 0 aliphatic carbocycles. The lowest BCUT2D eigenvalue weighted by Crippen LogP contribution is -2.42. The highest BCUT2D eigenvalue weighted by Crippen LogP contribution is 2.36. The fraction of sp³-hybridized carbons (Fsp3) is 0.190. The number of carbonyl (C=O) groups excluding carboxylic acids is 3. The van der Waals surface area contributed by atoms with Crippen molar-refractivity contribution in [2.75, 3.05) is 7.11 Å². The third-order valence-corrected chi connectivity index (χ3v) is 7.53. The minimum Gasteiger partial charge on any atom is -0.487 e. The van der Waals surface area contributed by atoms with E-state index < -0.39 is 23.2 Å². The van der Waals surface area contributed by atoms with Crippen molar-refractivity contribution in [3.05, 3.63) is 63.5 Å². The SMILES string of the molecule is COC(=O)[C@H](C)N1C(=O)S/C(=C/c2cc(I)c(OCc3ccc(Cl)cc3Cl)c(I)c2)C1=O. The number of hydrogen-bond donors (Lipinski definition) is 0. The van der Waals surface area contributed by atoms with Crippen LogP contribution in [0.15, 0.2) is 35.2 Å². The smallest absolute Gasteiger partial charge is 0.328 e. The van der Waals surface area contributed by atoms with Gasteiger partial charge in [-0.25, -0.2) is 4.79 Å². The lowest BCUT2D eigenvalue weighted by atomic mass is 10.2. The summed E-state index contributed by atoms with van der Waals surface area (Å²) in [7, 11) is 1.21. The number of esters is 1. The highest BCUT2D eigenvalue weighted by atomic mass is 127. The van der Waals surface area contributed by atoms with Gasteiger partial charge < -0.3 is 9.47 Å². The predicted molar refractivity (Wildman–Crippen MR) is 142 cm³/mol. The molecule has 2 amide bonds. The molecule has 0 unspecified atom stereocenters. The van der Waals surface area contributed by atoms with Gasteiger partial charge in [-0.05, 0) is 99.8 Å². The first-order valence-electron chi connectivity index (χ1n) is 9.03. The summed E-state index contributed by atoms with van der Waals surface area (Å²) in [5.74, 6) is -0.498. The largest absolute Gasteiger partial charge is 0.487 e. The Morgan fingerprint density at radius 1 is 1.19 bits per heavy atom. The number of nitrogens with zero attached hydrogens (tertiary/aromatic N) is 1. The minimum absolute atomic E-state index is 0.235. The summed E-state index contributed by atoms with van der Waals surface area (Å²) in [6, 6.07) is 7.92. The summed E-state index contributed by atoms with van der Waals surface area (Å²) < 4.78 is 12.3. The average molecular weight is 718 g/mol. The number of benzene rings is 2. The number of halogens is 4. The molecule has 168 valence electrons. The Hall–Kier alpha value is -1.02. The Labute approximate surface area is 226 Å². The molecule has 3 rings (SSSR count). The van der Waals surface area contributed by atoms with Gasteiger partial charge >= 0.3 is 5.97 Å². The van der Waals surface area contributed by atoms with Gasteiger partial charge in [0.15, 0.2) is 0 Å². The predicted octanol–water partition coefficient (Wildman–Crippen LogP) is 6.38. The first-order valence-corrected chi connectivity index (χ1v) is 12.8. The summed E-state index contributed by atoms with van der Waals surface area (Å²) in [6.07, 6.45) is 1.62. The van der Waals surface area contributed by atoms with Crippen LogP contribution in [0.4, 0.5) is 4.79 Å². The Morgan fingerprint density at radius 2 is 1.84 bits per heavy atom. The third kappa shape index (κ3) is 5.72. The van der Waals surface area contributed by atoms with E-state index in [0.717, 1.165) is 34.9 Å². The molecule has 0 N–H and O–H groups in total. The zero-order chi connectivity index (χ0) is 23.6. The Morgan fingerprint density at radius 3 is 2.44 bits per heavy atom. The molecule has 2 aromatic rings. The van der Waals surface area contributed by atoms with Crippen LogP contribution in [-0.2, 0) is 20.9 Å². The molecule has 1 saturated heterocycles. The second kappa shape index (κ2) is 10.9. The lowest BCUT2D eigenvalue weighted by Gasteiger charge is -2.18. The maximum absolute atomic E-state index is 12.7. The molecule has 0 aromatic heterocycles. The summed E-state index contributed by atoms with van der Waals surface area (Å²) in [5, 5.41) is 0.567. The highest BCUT2D eigenvalue weighted by molar-refractivity contribution is 14.1. The number of carbonyl (C=O) groups is 3. The lowest BCUT2D eigenvalue weighted by molar-refractivity contribution is -0.148. The number of amides is 2. The van der Waals surface area contributed by atoms with Crippen molar-refractivity contribution in [3.63, 3.8) is 0 Å². The molecule has 32 heavy (non-hydrogen) atoms. The summed E-state index contributed by atoms with van der Waals surface area (Å²) >= 11 is 17.2. The van der Waals surface area contributed by atoms with Crippen LogP contribution in [0, 0.1) is 7.14 Å². The molecule has 0 bridgehead atoms. The summed E-state index contributed by atoms with van der Waals surface area (Å²) in [4.78, 5) is 37.9. The van der Waals surface area contributed by atoms with E-state index in [1.165, 1.54) is 14.0 Å². The fourth-order valence-corrected chi connectivity index (χ4v) is 6.33. The normalized spacial score (nSPS) is 15.9. The van der Waals surface area contributed by atoms with Gasteiger partial charge in [-0.3, -0.25) is 14.5 Å². The average Bonchev–Trinajstić information content (AvgIpc) is 3.00. The van der Waals surface area contributed by atoms with Crippen molar-refractivity contribution < 1.29 is 23.9 Å². The first kappa shape index (κ1) is 25.6. The van der Waals surface area contributed by atoms with E-state index in [1.807, 2.05) is 18.2 Å². The van der Waals surface area contributed by atoms with Gasteiger partial charge in [-0.1, -0.05) is 29.3 Å². The molecule has 1 aliphatic heterocycles. The van der Waals surface area contributed by atoms with Gasteiger partial charge in [0.25, 0.3) is 11.1 Å². The number of methoxy groups -OCH3 is 1. The van der Waals surface area contributed by atoms with Gasteiger partial charge in [0.2, 0.25) is 0 Å². The van der Waals surface area contributed by atoms with Crippen LogP contribution in [-0.4, -0.2) is 35.2 Å². The molecule has 6 nitrogen and oxygen atoms in total. The maximum atomic E-state index is 12.7. The molecule has 2 aromatic carbocycles. The Bertz CT molecular complexity index is 1120. The number of thioether (sulfide) groups is 1. The van der Waals surface area contributed by atoms with Crippen molar-refractivity contribution in [1.82, 2.24) is 4.90 Å². The van der Waals surface area contributed by atoms with Crippen LogP contribution in [0.2, 0.25) is 10.0 Å². The molecule has 0 radical (unpaired) electrons. The number of imide groups is 1. The van der Waals surface area contributed by atoms with E-state index in [1.54, 1.807) is 18.2 Å². The molecule has 11 heteroatoms. The molecule has 1 heterocycles. The topological polar surface area (TPSA) is 72.9 Å². The van der Waals surface area contributed by atoms with Crippen LogP contribution in [0.3, 0.4) is 0 Å². The molecule has 0 spiro atoms. The molecular formula is C21H15Cl2I2NO5S. The first-order chi connectivity index (χ1) is 15.1. The van der Waals surface area contributed by atoms with E-state index >= 15 is 0 Å². The minimum atomic E-state index is -0.992. The van der Waals surface area contributed by atoms with Gasteiger partial charge in [0.05, 0.1) is 19.2 Å². The van der Waals surface area contributed by atoms with Crippen molar-refractivity contribution in [3.8, 4) is 5.75 Å². The van der Waals surface area contributed by atoms with Gasteiger partial charge in [0, 0.05) is 15.6 Å². The summed E-state index contributed by atoms with van der Waals surface area (Å²) in [6.45, 7) is 1.72. The molecule has 1 aliphatic rings. The van der Waals surface area contributed by atoms with E-state index in [0.29, 0.717) is 15.8 Å². The third-order valence-electron chi connectivity index (χ3n) is 4.46. The fourth-order valence-electron chi connectivity index (χ4n) is 2.83. The quantitative estimate of drug-likeness (QED) is 0.196. The standard InChI is InChI=1S/C21H15Cl2I2NO5S/c1-10(20(28)30-2)26-19(27)17(32-21(26)29)7-11-5-15(24)18(16(25)6-11)31-9-12-3-4-13(22)8-14(12)23/h3-8,10H,9H2,1-2H3/b17-7+/t10-/m0/s1. The van der Waals surface area contributed by atoms with Crippen molar-refractivity contribution in [2.45, 2.75) is 19.6 Å². The van der Waals surface area contributed by atoms with Gasteiger partial charge in [0.1, 0.15) is 18.4 Å². The van der Waals surface area contributed by atoms with Gasteiger partial charge in [-0.2, -0.15) is 0 Å². The van der Waals surface area contributed by atoms with Crippen molar-refractivity contribution >= 4 is 103 Å². The van der Waals surface area contributed by atoms with E-state index in [4.69, 9.17) is 27.9 Å². The van der Waals surface area contributed by atoms with Crippen LogP contribution in [0.5, 0.6) is 5.75 Å². The Kier molecular flexibility index (Phi) is 8.75. The van der Waals surface area contributed by atoms with Crippen LogP contribution in [0.25, 0.3) is 6.08 Å². The van der Waals surface area contributed by atoms with Gasteiger partial charge in [-0.15, -0.1) is 0 Å². The molecular weight excluding hydrogens is 703 g/mol. The van der Waals surface area contributed by atoms with E-state index in [9.17, 15) is 14.4 Å². The second-order valence-electron chi connectivity index (χ2n) is 6.59. The zero-order valence-corrected chi connectivity index (χ0v) is 23.3.